The van der Waals surface area contributed by atoms with Gasteiger partial charge in [-0.15, -0.1) is 0 Å². The quantitative estimate of drug-likeness (QED) is 0.825. The molecule has 19 heavy (non-hydrogen) atoms. The zero-order valence-electron chi connectivity index (χ0n) is 12.8. The molecule has 2 unspecified atom stereocenters. The lowest BCUT2D eigenvalue weighted by atomic mass is 9.63. The van der Waals surface area contributed by atoms with Crippen molar-refractivity contribution in [1.82, 2.24) is 5.32 Å². The Kier molecular flexibility index (Phi) is 4.24. The largest absolute Gasteiger partial charge is 0.368 e. The monoisotopic (exact) mass is 266 g/mol. The van der Waals surface area contributed by atoms with Crippen molar-refractivity contribution in [3.8, 4) is 0 Å². The predicted octanol–water partition coefficient (Wildman–Crippen LogP) is 2.98. The second kappa shape index (κ2) is 5.43. The highest BCUT2D eigenvalue weighted by Gasteiger charge is 2.47. The number of carbonyl (C=O) groups is 1. The molecular weight excluding hydrogens is 236 g/mol. The van der Waals surface area contributed by atoms with E-state index in [9.17, 15) is 4.79 Å². The number of nitrogens with two attached hydrogens (primary N) is 1. The summed E-state index contributed by atoms with van der Waals surface area (Å²) < 4.78 is 0. The summed E-state index contributed by atoms with van der Waals surface area (Å²) in [6.07, 6.45) is 9.28. The van der Waals surface area contributed by atoms with Crippen LogP contribution in [0.5, 0.6) is 0 Å². The molecule has 2 atom stereocenters. The fraction of sp³-hybridized carbons (Fsp3) is 0.938. The number of primary amides is 1. The Morgan fingerprint density at radius 1 is 1.16 bits per heavy atom. The summed E-state index contributed by atoms with van der Waals surface area (Å²) in [4.78, 5) is 12.1. The molecule has 0 aromatic heterocycles. The zero-order valence-corrected chi connectivity index (χ0v) is 12.8. The molecule has 0 saturated heterocycles. The SMILES string of the molecule is CC1CC(C)(C)CC(NC2CCCCC2)(C(N)=O)C1. The summed E-state index contributed by atoms with van der Waals surface area (Å²) in [5.41, 5.74) is 5.53. The van der Waals surface area contributed by atoms with Crippen molar-refractivity contribution in [2.24, 2.45) is 17.1 Å². The van der Waals surface area contributed by atoms with E-state index in [2.05, 4.69) is 26.1 Å². The molecule has 3 N–H and O–H groups in total. The molecule has 0 radical (unpaired) electrons. The van der Waals surface area contributed by atoms with E-state index < -0.39 is 5.54 Å². The number of nitrogens with one attached hydrogen (secondary N) is 1. The van der Waals surface area contributed by atoms with Crippen molar-refractivity contribution in [1.29, 1.82) is 0 Å². The van der Waals surface area contributed by atoms with Crippen LogP contribution in [0.2, 0.25) is 0 Å². The van der Waals surface area contributed by atoms with E-state index in [0.717, 1.165) is 12.8 Å². The Labute approximate surface area is 117 Å². The molecule has 0 spiro atoms. The van der Waals surface area contributed by atoms with Gasteiger partial charge in [0.15, 0.2) is 0 Å². The highest BCUT2D eigenvalue weighted by Crippen LogP contribution is 2.44. The fourth-order valence-electron chi connectivity index (χ4n) is 4.58. The molecule has 2 rings (SSSR count). The van der Waals surface area contributed by atoms with Crippen molar-refractivity contribution in [3.63, 3.8) is 0 Å². The van der Waals surface area contributed by atoms with Crippen LogP contribution in [0.3, 0.4) is 0 Å². The van der Waals surface area contributed by atoms with Gasteiger partial charge in [0.2, 0.25) is 5.91 Å². The molecular formula is C16H30N2O. The van der Waals surface area contributed by atoms with E-state index in [1.807, 2.05) is 0 Å². The Hall–Kier alpha value is -0.570. The summed E-state index contributed by atoms with van der Waals surface area (Å²) >= 11 is 0. The van der Waals surface area contributed by atoms with Crippen LogP contribution in [0.15, 0.2) is 0 Å². The van der Waals surface area contributed by atoms with Gasteiger partial charge in [-0.05, 0) is 43.4 Å². The molecule has 2 aliphatic carbocycles. The third-order valence-electron chi connectivity index (χ3n) is 4.94. The first-order valence-corrected chi connectivity index (χ1v) is 7.91. The van der Waals surface area contributed by atoms with Gasteiger partial charge >= 0.3 is 0 Å². The maximum absolute atomic E-state index is 12.1. The Morgan fingerprint density at radius 2 is 1.79 bits per heavy atom. The third-order valence-corrected chi connectivity index (χ3v) is 4.94. The molecule has 110 valence electrons. The van der Waals surface area contributed by atoms with Crippen molar-refractivity contribution >= 4 is 5.91 Å². The van der Waals surface area contributed by atoms with E-state index >= 15 is 0 Å². The van der Waals surface area contributed by atoms with Gasteiger partial charge in [-0.3, -0.25) is 4.79 Å². The smallest absolute Gasteiger partial charge is 0.237 e. The predicted molar refractivity (Wildman–Crippen MR) is 78.7 cm³/mol. The summed E-state index contributed by atoms with van der Waals surface area (Å²) in [5.74, 6) is 0.421. The molecule has 2 aliphatic rings. The molecule has 2 fully saturated rings. The maximum Gasteiger partial charge on any atom is 0.237 e. The molecule has 0 heterocycles. The number of hydrogen-bond donors (Lipinski definition) is 2. The normalized spacial score (nSPS) is 36.1. The van der Waals surface area contributed by atoms with E-state index in [1.54, 1.807) is 0 Å². The van der Waals surface area contributed by atoms with Gasteiger partial charge in [0.05, 0.1) is 5.54 Å². The van der Waals surface area contributed by atoms with Gasteiger partial charge in [-0.2, -0.15) is 0 Å². The lowest BCUT2D eigenvalue weighted by Gasteiger charge is -2.48. The maximum atomic E-state index is 12.1. The summed E-state index contributed by atoms with van der Waals surface area (Å²) in [7, 11) is 0. The van der Waals surface area contributed by atoms with Gasteiger partial charge < -0.3 is 11.1 Å². The minimum atomic E-state index is -0.469. The molecule has 0 bridgehead atoms. The summed E-state index contributed by atoms with van der Waals surface area (Å²) in [6.45, 7) is 6.78. The van der Waals surface area contributed by atoms with E-state index in [-0.39, 0.29) is 11.3 Å². The van der Waals surface area contributed by atoms with Gasteiger partial charge in [0.1, 0.15) is 0 Å². The van der Waals surface area contributed by atoms with Gasteiger partial charge in [0.25, 0.3) is 0 Å². The van der Waals surface area contributed by atoms with Crippen LogP contribution >= 0.6 is 0 Å². The van der Waals surface area contributed by atoms with Gasteiger partial charge in [0, 0.05) is 6.04 Å². The van der Waals surface area contributed by atoms with E-state index in [4.69, 9.17) is 5.73 Å². The fourth-order valence-corrected chi connectivity index (χ4v) is 4.58. The Balaban J connectivity index is 2.14. The second-order valence-electron chi connectivity index (χ2n) is 7.78. The highest BCUT2D eigenvalue weighted by atomic mass is 16.1. The molecule has 0 aromatic rings. The van der Waals surface area contributed by atoms with Crippen molar-refractivity contribution < 1.29 is 4.79 Å². The topological polar surface area (TPSA) is 55.1 Å². The number of amides is 1. The number of hydrogen-bond acceptors (Lipinski definition) is 2. The third kappa shape index (κ3) is 3.50. The molecule has 1 amide bonds. The first-order chi connectivity index (χ1) is 8.83. The average Bonchev–Trinajstić information content (AvgIpc) is 2.27. The lowest BCUT2D eigenvalue weighted by molar-refractivity contribution is -0.129. The van der Waals surface area contributed by atoms with Crippen LogP contribution in [0, 0.1) is 11.3 Å². The molecule has 2 saturated carbocycles. The summed E-state index contributed by atoms with van der Waals surface area (Å²) in [6, 6.07) is 0.488. The van der Waals surface area contributed by atoms with Crippen LogP contribution in [0.1, 0.15) is 72.1 Å². The molecule has 3 heteroatoms. The highest BCUT2D eigenvalue weighted by molar-refractivity contribution is 5.85. The Morgan fingerprint density at radius 3 is 2.32 bits per heavy atom. The number of carbonyl (C=O) groups excluding carboxylic acids is 1. The second-order valence-corrected chi connectivity index (χ2v) is 7.78. The Bertz CT molecular complexity index is 334. The molecule has 0 aliphatic heterocycles. The van der Waals surface area contributed by atoms with Crippen molar-refractivity contribution in [2.75, 3.05) is 0 Å². The van der Waals surface area contributed by atoms with E-state index in [1.165, 1.54) is 38.5 Å². The first-order valence-electron chi connectivity index (χ1n) is 7.91. The molecule has 3 nitrogen and oxygen atoms in total. The summed E-state index contributed by atoms with van der Waals surface area (Å²) in [5, 5.41) is 3.68. The molecule has 0 aromatic carbocycles. The van der Waals surface area contributed by atoms with Crippen LogP contribution in [0.4, 0.5) is 0 Å². The van der Waals surface area contributed by atoms with Crippen LogP contribution in [-0.4, -0.2) is 17.5 Å². The number of rotatable bonds is 3. The van der Waals surface area contributed by atoms with Crippen LogP contribution < -0.4 is 11.1 Å². The lowest BCUT2D eigenvalue weighted by Crippen LogP contribution is -2.63. The first kappa shape index (κ1) is 14.8. The average molecular weight is 266 g/mol. The zero-order chi connectivity index (χ0) is 14.1. The van der Waals surface area contributed by atoms with Crippen LogP contribution in [0.25, 0.3) is 0 Å². The van der Waals surface area contributed by atoms with Gasteiger partial charge in [-0.25, -0.2) is 0 Å². The van der Waals surface area contributed by atoms with Crippen LogP contribution in [-0.2, 0) is 4.79 Å². The van der Waals surface area contributed by atoms with Crippen molar-refractivity contribution in [3.05, 3.63) is 0 Å². The standard InChI is InChI=1S/C16H30N2O/c1-12-9-15(2,3)11-16(10-12,14(17)19)18-13-7-5-4-6-8-13/h12-13,18H,4-11H2,1-3H3,(H2,17,19). The van der Waals surface area contributed by atoms with Crippen molar-refractivity contribution in [2.45, 2.75) is 83.7 Å². The van der Waals surface area contributed by atoms with Gasteiger partial charge in [-0.1, -0.05) is 40.0 Å². The minimum absolute atomic E-state index is 0.141. The minimum Gasteiger partial charge on any atom is -0.368 e. The van der Waals surface area contributed by atoms with E-state index in [0.29, 0.717) is 12.0 Å².